The highest BCUT2D eigenvalue weighted by molar-refractivity contribution is 6.34. The van der Waals surface area contributed by atoms with E-state index in [2.05, 4.69) is 11.4 Å². The molecule has 2 aromatic rings. The third kappa shape index (κ3) is 3.56. The van der Waals surface area contributed by atoms with Crippen molar-refractivity contribution in [1.82, 2.24) is 5.32 Å². The maximum atomic E-state index is 12.3. The summed E-state index contributed by atoms with van der Waals surface area (Å²) < 4.78 is 0. The maximum absolute atomic E-state index is 12.3. The zero-order valence-electron chi connectivity index (χ0n) is 12.4. The van der Waals surface area contributed by atoms with E-state index >= 15 is 0 Å². The molecule has 0 aromatic heterocycles. The summed E-state index contributed by atoms with van der Waals surface area (Å²) in [4.78, 5) is 12.3. The second kappa shape index (κ2) is 6.19. The lowest BCUT2D eigenvalue weighted by Gasteiger charge is -2.17. The summed E-state index contributed by atoms with van der Waals surface area (Å²) in [6.07, 6.45) is 0. The van der Waals surface area contributed by atoms with Gasteiger partial charge in [-0.15, -0.1) is 0 Å². The first-order chi connectivity index (χ1) is 9.88. The van der Waals surface area contributed by atoms with Crippen molar-refractivity contribution in [2.45, 2.75) is 26.8 Å². The lowest BCUT2D eigenvalue weighted by molar-refractivity contribution is 0.0940. The van der Waals surface area contributed by atoms with Crippen molar-refractivity contribution in [3.63, 3.8) is 0 Å². The fraction of sp³-hybridized carbons (Fsp3) is 0.235. The Labute approximate surface area is 130 Å². The molecule has 3 nitrogen and oxygen atoms in total. The number of anilines is 1. The van der Waals surface area contributed by atoms with Gasteiger partial charge < -0.3 is 11.1 Å². The van der Waals surface area contributed by atoms with Crippen LogP contribution in [0.5, 0.6) is 0 Å². The van der Waals surface area contributed by atoms with E-state index in [1.165, 1.54) is 5.56 Å². The molecule has 1 unspecified atom stereocenters. The number of nitrogens with one attached hydrogen (secondary N) is 1. The van der Waals surface area contributed by atoms with Crippen LogP contribution in [0.25, 0.3) is 0 Å². The van der Waals surface area contributed by atoms with Gasteiger partial charge in [0.25, 0.3) is 5.91 Å². The Morgan fingerprint density at radius 3 is 2.52 bits per heavy atom. The van der Waals surface area contributed by atoms with Crippen LogP contribution >= 0.6 is 11.6 Å². The molecule has 0 radical (unpaired) electrons. The Morgan fingerprint density at radius 2 is 1.90 bits per heavy atom. The highest BCUT2D eigenvalue weighted by Crippen LogP contribution is 2.22. The van der Waals surface area contributed by atoms with Crippen LogP contribution in [0, 0.1) is 13.8 Å². The predicted molar refractivity (Wildman–Crippen MR) is 87.7 cm³/mol. The van der Waals surface area contributed by atoms with Gasteiger partial charge in [-0.1, -0.05) is 35.4 Å². The van der Waals surface area contributed by atoms with Gasteiger partial charge in [0.05, 0.1) is 16.6 Å². The minimum absolute atomic E-state index is 0.0910. The Kier molecular flexibility index (Phi) is 4.53. The zero-order chi connectivity index (χ0) is 15.6. The van der Waals surface area contributed by atoms with Crippen molar-refractivity contribution in [1.29, 1.82) is 0 Å². The van der Waals surface area contributed by atoms with E-state index in [4.69, 9.17) is 17.3 Å². The van der Waals surface area contributed by atoms with Crippen LogP contribution in [-0.2, 0) is 0 Å². The highest BCUT2D eigenvalue weighted by Gasteiger charge is 2.15. The van der Waals surface area contributed by atoms with E-state index in [0.717, 1.165) is 11.1 Å². The summed E-state index contributed by atoms with van der Waals surface area (Å²) in [7, 11) is 0. The van der Waals surface area contributed by atoms with E-state index in [-0.39, 0.29) is 11.9 Å². The number of nitrogen functional groups attached to an aromatic ring is 1. The predicted octanol–water partition coefficient (Wildman–Crippen LogP) is 4.03. The minimum Gasteiger partial charge on any atom is -0.399 e. The van der Waals surface area contributed by atoms with Crippen molar-refractivity contribution in [3.8, 4) is 0 Å². The molecule has 1 amide bonds. The van der Waals surface area contributed by atoms with E-state index in [1.807, 2.05) is 32.9 Å². The van der Waals surface area contributed by atoms with Crippen molar-refractivity contribution in [3.05, 3.63) is 63.7 Å². The smallest absolute Gasteiger partial charge is 0.253 e. The molecule has 0 bridgehead atoms. The van der Waals surface area contributed by atoms with Crippen LogP contribution in [-0.4, -0.2) is 5.91 Å². The van der Waals surface area contributed by atoms with Gasteiger partial charge in [0.1, 0.15) is 0 Å². The molecule has 110 valence electrons. The molecule has 2 aromatic carbocycles. The SMILES string of the molecule is Cc1ccc(C(C)NC(=O)c2ccc(N)cc2Cl)c(C)c1. The molecule has 4 heteroatoms. The van der Waals surface area contributed by atoms with E-state index < -0.39 is 0 Å². The summed E-state index contributed by atoms with van der Waals surface area (Å²) >= 11 is 6.07. The van der Waals surface area contributed by atoms with Gasteiger partial charge in [-0.3, -0.25) is 4.79 Å². The van der Waals surface area contributed by atoms with Crippen LogP contribution in [0.1, 0.15) is 40.0 Å². The number of benzene rings is 2. The average molecular weight is 303 g/mol. The standard InChI is InChI=1S/C17H19ClN2O/c1-10-4-6-14(11(2)8-10)12(3)20-17(21)15-7-5-13(19)9-16(15)18/h4-9,12H,19H2,1-3H3,(H,20,21). The van der Waals surface area contributed by atoms with Crippen molar-refractivity contribution < 1.29 is 4.79 Å². The molecule has 0 saturated carbocycles. The van der Waals surface area contributed by atoms with Gasteiger partial charge in [-0.2, -0.15) is 0 Å². The number of aryl methyl sites for hydroxylation is 2. The van der Waals surface area contributed by atoms with Crippen LogP contribution in [0.3, 0.4) is 0 Å². The number of hydrogen-bond donors (Lipinski definition) is 2. The van der Waals surface area contributed by atoms with E-state index in [9.17, 15) is 4.79 Å². The number of hydrogen-bond acceptors (Lipinski definition) is 2. The molecule has 3 N–H and O–H groups in total. The highest BCUT2D eigenvalue weighted by atomic mass is 35.5. The fourth-order valence-corrected chi connectivity index (χ4v) is 2.65. The van der Waals surface area contributed by atoms with Crippen LogP contribution in [0.4, 0.5) is 5.69 Å². The van der Waals surface area contributed by atoms with E-state index in [0.29, 0.717) is 16.3 Å². The summed E-state index contributed by atoms with van der Waals surface area (Å²) in [5.74, 6) is -0.201. The van der Waals surface area contributed by atoms with Crippen molar-refractivity contribution in [2.75, 3.05) is 5.73 Å². The van der Waals surface area contributed by atoms with Gasteiger partial charge in [0.2, 0.25) is 0 Å². The normalized spacial score (nSPS) is 12.0. The lowest BCUT2D eigenvalue weighted by atomic mass is 10.00. The molecule has 1 atom stereocenters. The minimum atomic E-state index is -0.201. The van der Waals surface area contributed by atoms with Gasteiger partial charge in [0, 0.05) is 5.69 Å². The molecular weight excluding hydrogens is 284 g/mol. The number of carbonyl (C=O) groups is 1. The molecule has 0 aliphatic carbocycles. The summed E-state index contributed by atoms with van der Waals surface area (Å²) in [5.41, 5.74) is 10.1. The molecular formula is C17H19ClN2O. The molecule has 0 aliphatic rings. The fourth-order valence-electron chi connectivity index (χ4n) is 2.38. The summed E-state index contributed by atoms with van der Waals surface area (Å²) in [6.45, 7) is 6.05. The van der Waals surface area contributed by atoms with Crippen molar-refractivity contribution in [2.24, 2.45) is 0 Å². The quantitative estimate of drug-likeness (QED) is 0.841. The van der Waals surface area contributed by atoms with Gasteiger partial charge in [-0.05, 0) is 50.1 Å². The number of carbonyl (C=O) groups excluding carboxylic acids is 1. The Morgan fingerprint density at radius 1 is 1.19 bits per heavy atom. The molecule has 2 rings (SSSR count). The lowest BCUT2D eigenvalue weighted by Crippen LogP contribution is -2.27. The van der Waals surface area contributed by atoms with Gasteiger partial charge in [0.15, 0.2) is 0 Å². The van der Waals surface area contributed by atoms with E-state index in [1.54, 1.807) is 18.2 Å². The van der Waals surface area contributed by atoms with Crippen LogP contribution in [0.15, 0.2) is 36.4 Å². The molecule has 0 heterocycles. The second-order valence-corrected chi connectivity index (χ2v) is 5.70. The number of amides is 1. The van der Waals surface area contributed by atoms with Gasteiger partial charge in [-0.25, -0.2) is 0 Å². The van der Waals surface area contributed by atoms with Crippen LogP contribution < -0.4 is 11.1 Å². The number of halogens is 1. The largest absolute Gasteiger partial charge is 0.399 e. The topological polar surface area (TPSA) is 55.1 Å². The molecule has 0 aliphatic heterocycles. The number of nitrogens with two attached hydrogens (primary N) is 1. The van der Waals surface area contributed by atoms with Crippen molar-refractivity contribution >= 4 is 23.2 Å². The Hall–Kier alpha value is -2.00. The Balaban J connectivity index is 2.18. The molecule has 0 spiro atoms. The van der Waals surface area contributed by atoms with Crippen LogP contribution in [0.2, 0.25) is 5.02 Å². The first-order valence-electron chi connectivity index (χ1n) is 6.81. The Bertz CT molecular complexity index is 682. The monoisotopic (exact) mass is 302 g/mol. The number of rotatable bonds is 3. The summed E-state index contributed by atoms with van der Waals surface area (Å²) in [6, 6.07) is 11.0. The molecule has 21 heavy (non-hydrogen) atoms. The first kappa shape index (κ1) is 15.4. The zero-order valence-corrected chi connectivity index (χ0v) is 13.2. The summed E-state index contributed by atoms with van der Waals surface area (Å²) in [5, 5.41) is 3.33. The average Bonchev–Trinajstić information content (AvgIpc) is 2.37. The molecule has 0 saturated heterocycles. The maximum Gasteiger partial charge on any atom is 0.253 e. The first-order valence-corrected chi connectivity index (χ1v) is 7.19. The third-order valence-electron chi connectivity index (χ3n) is 3.48. The molecule has 0 fully saturated rings. The third-order valence-corrected chi connectivity index (χ3v) is 3.79. The second-order valence-electron chi connectivity index (χ2n) is 5.29. The van der Waals surface area contributed by atoms with Gasteiger partial charge >= 0.3 is 0 Å².